The number of aromatic nitrogens is 2. The lowest BCUT2D eigenvalue weighted by Crippen LogP contribution is -2.13. The van der Waals surface area contributed by atoms with Crippen LogP contribution in [0.25, 0.3) is 22.2 Å². The zero-order chi connectivity index (χ0) is 17.8. The van der Waals surface area contributed by atoms with Gasteiger partial charge in [-0.25, -0.2) is 4.98 Å². The van der Waals surface area contributed by atoms with E-state index in [0.717, 1.165) is 27.9 Å². The first-order valence-corrected chi connectivity index (χ1v) is 10.3. The first-order chi connectivity index (χ1) is 12.8. The summed E-state index contributed by atoms with van der Waals surface area (Å²) < 4.78 is 0. The van der Waals surface area contributed by atoms with Crippen LogP contribution in [0.3, 0.4) is 0 Å². The van der Waals surface area contributed by atoms with Gasteiger partial charge in [-0.1, -0.05) is 48.5 Å². The standard InChI is InChI=1S/C20H17N3OS2/c24-19(13-25-11-14-6-2-1-3-7-14)23-20-22-18(12-26-20)16-10-21-17-9-5-4-8-15(16)17/h1-10,12,21H,11,13H2,(H,22,23,24). The number of benzene rings is 2. The molecule has 130 valence electrons. The van der Waals surface area contributed by atoms with E-state index in [9.17, 15) is 4.79 Å². The first-order valence-electron chi connectivity index (χ1n) is 8.23. The van der Waals surface area contributed by atoms with E-state index in [1.807, 2.05) is 48.0 Å². The molecule has 0 radical (unpaired) electrons. The van der Waals surface area contributed by atoms with Crippen molar-refractivity contribution in [1.82, 2.24) is 9.97 Å². The highest BCUT2D eigenvalue weighted by atomic mass is 32.2. The van der Waals surface area contributed by atoms with Gasteiger partial charge in [-0.3, -0.25) is 4.79 Å². The maximum Gasteiger partial charge on any atom is 0.236 e. The summed E-state index contributed by atoms with van der Waals surface area (Å²) in [7, 11) is 0. The third kappa shape index (κ3) is 3.81. The molecule has 2 aromatic carbocycles. The Kier molecular flexibility index (Phi) is 5.04. The van der Waals surface area contributed by atoms with Crippen LogP contribution < -0.4 is 5.32 Å². The second-order valence-corrected chi connectivity index (χ2v) is 7.66. The number of nitrogens with one attached hydrogen (secondary N) is 2. The normalized spacial score (nSPS) is 10.9. The van der Waals surface area contributed by atoms with Gasteiger partial charge < -0.3 is 10.3 Å². The number of anilines is 1. The number of fused-ring (bicyclic) bond motifs is 1. The minimum Gasteiger partial charge on any atom is -0.360 e. The molecule has 2 N–H and O–H groups in total. The smallest absolute Gasteiger partial charge is 0.236 e. The summed E-state index contributed by atoms with van der Waals surface area (Å²) in [6.45, 7) is 0. The van der Waals surface area contributed by atoms with Gasteiger partial charge in [-0.15, -0.1) is 23.1 Å². The number of hydrogen-bond donors (Lipinski definition) is 2. The SMILES string of the molecule is O=C(CSCc1ccccc1)Nc1nc(-c2c[nH]c3ccccc23)cs1. The van der Waals surface area contributed by atoms with Crippen molar-refractivity contribution in [3.63, 3.8) is 0 Å². The molecule has 6 heteroatoms. The molecule has 0 spiro atoms. The summed E-state index contributed by atoms with van der Waals surface area (Å²) in [4.78, 5) is 20.0. The first kappa shape index (κ1) is 16.9. The molecule has 0 aliphatic rings. The second-order valence-electron chi connectivity index (χ2n) is 5.81. The highest BCUT2D eigenvalue weighted by Gasteiger charge is 2.11. The molecule has 4 rings (SSSR count). The average Bonchev–Trinajstić information content (AvgIpc) is 3.29. The van der Waals surface area contributed by atoms with Crippen LogP contribution in [0.4, 0.5) is 5.13 Å². The molecule has 4 aromatic rings. The zero-order valence-corrected chi connectivity index (χ0v) is 15.6. The average molecular weight is 380 g/mol. The van der Waals surface area contributed by atoms with Gasteiger partial charge in [-0.05, 0) is 11.6 Å². The van der Waals surface area contributed by atoms with Crippen molar-refractivity contribution >= 4 is 45.0 Å². The molecule has 26 heavy (non-hydrogen) atoms. The number of para-hydroxylation sites is 1. The number of carbonyl (C=O) groups excluding carboxylic acids is 1. The Morgan fingerprint density at radius 1 is 1.12 bits per heavy atom. The largest absolute Gasteiger partial charge is 0.360 e. The molecule has 1 amide bonds. The van der Waals surface area contributed by atoms with Crippen LogP contribution >= 0.6 is 23.1 Å². The summed E-state index contributed by atoms with van der Waals surface area (Å²) in [5, 5.41) is 6.64. The molecule has 0 saturated carbocycles. The molecule has 2 aromatic heterocycles. The number of thioether (sulfide) groups is 1. The van der Waals surface area contributed by atoms with E-state index >= 15 is 0 Å². The highest BCUT2D eigenvalue weighted by molar-refractivity contribution is 7.99. The predicted molar refractivity (Wildman–Crippen MR) is 111 cm³/mol. The summed E-state index contributed by atoms with van der Waals surface area (Å²) >= 11 is 3.05. The van der Waals surface area contributed by atoms with E-state index < -0.39 is 0 Å². The van der Waals surface area contributed by atoms with Crippen LogP contribution in [0, 0.1) is 0 Å². The number of aromatic amines is 1. The third-order valence-electron chi connectivity index (χ3n) is 3.96. The number of amides is 1. The van der Waals surface area contributed by atoms with E-state index in [2.05, 4.69) is 33.5 Å². The van der Waals surface area contributed by atoms with Gasteiger partial charge in [0.1, 0.15) is 0 Å². The number of hydrogen-bond acceptors (Lipinski definition) is 4. The Labute approximate surface area is 159 Å². The lowest BCUT2D eigenvalue weighted by atomic mass is 10.1. The van der Waals surface area contributed by atoms with Crippen molar-refractivity contribution in [2.24, 2.45) is 0 Å². The van der Waals surface area contributed by atoms with Crippen molar-refractivity contribution in [2.45, 2.75) is 5.75 Å². The summed E-state index contributed by atoms with van der Waals surface area (Å²) in [5.74, 6) is 1.22. The van der Waals surface area contributed by atoms with Gasteiger partial charge in [0.25, 0.3) is 0 Å². The van der Waals surface area contributed by atoms with E-state index in [0.29, 0.717) is 10.9 Å². The van der Waals surface area contributed by atoms with Crippen molar-refractivity contribution in [3.8, 4) is 11.3 Å². The number of nitrogens with zero attached hydrogens (tertiary/aromatic N) is 1. The van der Waals surface area contributed by atoms with Gasteiger partial charge >= 0.3 is 0 Å². The van der Waals surface area contributed by atoms with Crippen molar-refractivity contribution in [3.05, 3.63) is 71.7 Å². The Balaban J connectivity index is 1.37. The van der Waals surface area contributed by atoms with Gasteiger partial charge in [0.15, 0.2) is 5.13 Å². The molecule has 0 unspecified atom stereocenters. The monoisotopic (exact) mass is 379 g/mol. The second kappa shape index (κ2) is 7.76. The number of thiazole rings is 1. The topological polar surface area (TPSA) is 57.8 Å². The van der Waals surface area contributed by atoms with Gasteiger partial charge in [-0.2, -0.15) is 0 Å². The number of H-pyrrole nitrogens is 1. The third-order valence-corrected chi connectivity index (χ3v) is 5.72. The fourth-order valence-electron chi connectivity index (χ4n) is 2.73. The zero-order valence-electron chi connectivity index (χ0n) is 13.9. The van der Waals surface area contributed by atoms with Crippen LogP contribution in [-0.4, -0.2) is 21.6 Å². The Morgan fingerprint density at radius 2 is 1.92 bits per heavy atom. The minimum absolute atomic E-state index is 0.0224. The predicted octanol–water partition coefficient (Wildman–Crippen LogP) is 5.16. The Morgan fingerprint density at radius 3 is 2.81 bits per heavy atom. The van der Waals surface area contributed by atoms with Crippen LogP contribution in [0.5, 0.6) is 0 Å². The van der Waals surface area contributed by atoms with E-state index in [-0.39, 0.29) is 5.91 Å². The molecule has 0 fully saturated rings. The Bertz CT molecular complexity index is 1020. The molecule has 2 heterocycles. The van der Waals surface area contributed by atoms with E-state index in [1.165, 1.54) is 16.9 Å². The molecular weight excluding hydrogens is 362 g/mol. The molecule has 4 nitrogen and oxygen atoms in total. The highest BCUT2D eigenvalue weighted by Crippen LogP contribution is 2.30. The molecule has 0 bridgehead atoms. The molecule has 0 atom stereocenters. The maximum atomic E-state index is 12.1. The van der Waals surface area contributed by atoms with Crippen LogP contribution in [0.15, 0.2) is 66.2 Å². The minimum atomic E-state index is -0.0224. The quantitative estimate of drug-likeness (QED) is 0.486. The lowest BCUT2D eigenvalue weighted by molar-refractivity contribution is -0.113. The number of rotatable bonds is 6. The summed E-state index contributed by atoms with van der Waals surface area (Å²) in [6, 6.07) is 18.3. The van der Waals surface area contributed by atoms with E-state index in [4.69, 9.17) is 0 Å². The van der Waals surface area contributed by atoms with Crippen LogP contribution in [-0.2, 0) is 10.5 Å². The van der Waals surface area contributed by atoms with Crippen molar-refractivity contribution in [2.75, 3.05) is 11.1 Å². The van der Waals surface area contributed by atoms with E-state index in [1.54, 1.807) is 11.8 Å². The fourth-order valence-corrected chi connectivity index (χ4v) is 4.24. The van der Waals surface area contributed by atoms with Crippen molar-refractivity contribution in [1.29, 1.82) is 0 Å². The molecular formula is C20H17N3OS2. The Hall–Kier alpha value is -2.57. The van der Waals surface area contributed by atoms with Gasteiger partial charge in [0.05, 0.1) is 11.4 Å². The fraction of sp³-hybridized carbons (Fsp3) is 0.100. The summed E-state index contributed by atoms with van der Waals surface area (Å²) in [6.07, 6.45) is 1.96. The summed E-state index contributed by atoms with van der Waals surface area (Å²) in [5.41, 5.74) is 4.23. The van der Waals surface area contributed by atoms with Gasteiger partial charge in [0, 0.05) is 33.8 Å². The van der Waals surface area contributed by atoms with Crippen LogP contribution in [0.1, 0.15) is 5.56 Å². The maximum absolute atomic E-state index is 12.1. The molecule has 0 saturated heterocycles. The number of carbonyl (C=O) groups is 1. The van der Waals surface area contributed by atoms with Crippen LogP contribution in [0.2, 0.25) is 0 Å². The van der Waals surface area contributed by atoms with Gasteiger partial charge in [0.2, 0.25) is 5.91 Å². The lowest BCUT2D eigenvalue weighted by Gasteiger charge is -2.02. The molecule has 0 aliphatic heterocycles. The van der Waals surface area contributed by atoms with Crippen molar-refractivity contribution < 1.29 is 4.79 Å². The molecule has 0 aliphatic carbocycles.